The highest BCUT2D eigenvalue weighted by atomic mass is 32.1. The predicted octanol–water partition coefficient (Wildman–Crippen LogP) is 4.11. The van der Waals surface area contributed by atoms with E-state index in [1.165, 1.54) is 23.5 Å². The molecule has 10 heteroatoms. The number of halogens is 1. The van der Waals surface area contributed by atoms with Gasteiger partial charge in [0.25, 0.3) is 0 Å². The van der Waals surface area contributed by atoms with E-state index in [4.69, 9.17) is 17.0 Å². The summed E-state index contributed by atoms with van der Waals surface area (Å²) in [6.07, 6.45) is 1.79. The molecule has 0 aliphatic heterocycles. The van der Waals surface area contributed by atoms with Crippen molar-refractivity contribution in [2.24, 2.45) is 0 Å². The molecule has 1 aromatic carbocycles. The molecule has 0 spiro atoms. The fraction of sp³-hybridized carbons (Fsp3) is 0.222. The minimum absolute atomic E-state index is 0.0575. The molecule has 0 fully saturated rings. The first-order chi connectivity index (χ1) is 13.5. The van der Waals surface area contributed by atoms with Crippen LogP contribution in [0.1, 0.15) is 12.1 Å². The van der Waals surface area contributed by atoms with Crippen molar-refractivity contribution in [2.75, 3.05) is 11.9 Å². The number of nitrogens with zero attached hydrogens (tertiary/aromatic N) is 3. The Balaban J connectivity index is 1.63. The molecule has 0 aliphatic carbocycles. The number of aryl methyl sites for hydroxylation is 1. The highest BCUT2D eigenvalue weighted by Gasteiger charge is 2.17. The maximum Gasteiger partial charge on any atom is 0.229 e. The highest BCUT2D eigenvalue weighted by molar-refractivity contribution is 7.71. The summed E-state index contributed by atoms with van der Waals surface area (Å²) in [6.45, 7) is 6.12. The van der Waals surface area contributed by atoms with Crippen LogP contribution in [0.5, 0.6) is 5.75 Å². The van der Waals surface area contributed by atoms with Gasteiger partial charge in [-0.1, -0.05) is 29.5 Å². The van der Waals surface area contributed by atoms with Crippen LogP contribution in [0.4, 0.5) is 9.52 Å². The zero-order valence-electron chi connectivity index (χ0n) is 15.1. The van der Waals surface area contributed by atoms with Gasteiger partial charge in [0.05, 0.1) is 23.6 Å². The number of amides is 1. The first-order valence-electron chi connectivity index (χ1n) is 8.40. The molecule has 0 unspecified atom stereocenters. The number of carbonyl (C=O) groups excluding carboxylic acids is 1. The minimum atomic E-state index is -0.462. The van der Waals surface area contributed by atoms with Crippen molar-refractivity contribution in [3.05, 3.63) is 53.2 Å². The average Bonchev–Trinajstić information content (AvgIpc) is 3.19. The van der Waals surface area contributed by atoms with Crippen LogP contribution < -0.4 is 10.1 Å². The Morgan fingerprint density at radius 1 is 1.50 bits per heavy atom. The summed E-state index contributed by atoms with van der Waals surface area (Å²) in [5.74, 6) is 0.0219. The van der Waals surface area contributed by atoms with Crippen molar-refractivity contribution < 1.29 is 13.9 Å². The van der Waals surface area contributed by atoms with E-state index < -0.39 is 5.82 Å². The van der Waals surface area contributed by atoms with Gasteiger partial charge in [0.2, 0.25) is 5.91 Å². The van der Waals surface area contributed by atoms with Crippen LogP contribution in [0.3, 0.4) is 0 Å². The summed E-state index contributed by atoms with van der Waals surface area (Å²) < 4.78 is 21.1. The fourth-order valence-electron chi connectivity index (χ4n) is 2.44. The van der Waals surface area contributed by atoms with E-state index in [1.807, 2.05) is 6.92 Å². The van der Waals surface area contributed by atoms with Crippen molar-refractivity contribution in [1.29, 1.82) is 0 Å². The van der Waals surface area contributed by atoms with Crippen molar-refractivity contribution >= 4 is 34.6 Å². The average molecular weight is 420 g/mol. The molecule has 2 N–H and O–H groups in total. The maximum atomic E-state index is 13.5. The molecule has 0 saturated carbocycles. The second-order valence-electron chi connectivity index (χ2n) is 5.76. The SMILES string of the molecule is C=CCn1c(-c2sc(NC(=O)CCOc3ccccc3F)nc2C)n[nH]c1=S. The van der Waals surface area contributed by atoms with Crippen molar-refractivity contribution in [1.82, 2.24) is 19.7 Å². The normalized spacial score (nSPS) is 10.6. The van der Waals surface area contributed by atoms with Crippen LogP contribution in [0.15, 0.2) is 36.9 Å². The monoisotopic (exact) mass is 419 g/mol. The molecule has 7 nitrogen and oxygen atoms in total. The van der Waals surface area contributed by atoms with Crippen LogP contribution in [-0.4, -0.2) is 32.3 Å². The van der Waals surface area contributed by atoms with Gasteiger partial charge in [0.15, 0.2) is 27.3 Å². The van der Waals surface area contributed by atoms with E-state index in [1.54, 1.807) is 22.8 Å². The standard InChI is InChI=1S/C18H18FN5O2S2/c1-3-9-24-16(22-23-18(24)27)15-11(2)20-17(28-15)21-14(25)8-10-26-13-7-5-4-6-12(13)19/h3-7H,1,8-10H2,2H3,(H,23,27)(H,20,21,25). The lowest BCUT2D eigenvalue weighted by atomic mass is 10.3. The Kier molecular flexibility index (Phi) is 6.32. The second kappa shape index (κ2) is 8.89. The molecule has 0 saturated heterocycles. The number of nitrogens with one attached hydrogen (secondary N) is 2. The van der Waals surface area contributed by atoms with E-state index in [9.17, 15) is 9.18 Å². The number of hydrogen-bond acceptors (Lipinski definition) is 6. The number of anilines is 1. The molecule has 28 heavy (non-hydrogen) atoms. The van der Waals surface area contributed by atoms with E-state index in [0.717, 1.165) is 10.6 Å². The molecular formula is C18H18FN5O2S2. The Hall–Kier alpha value is -2.85. The van der Waals surface area contributed by atoms with Gasteiger partial charge in [-0.25, -0.2) is 9.37 Å². The summed E-state index contributed by atoms with van der Waals surface area (Å²) in [5.41, 5.74) is 0.724. The topological polar surface area (TPSA) is 84.8 Å². The molecule has 0 radical (unpaired) electrons. The summed E-state index contributed by atoms with van der Waals surface area (Å²) >= 11 is 6.53. The number of benzene rings is 1. The number of H-pyrrole nitrogens is 1. The summed E-state index contributed by atoms with van der Waals surface area (Å²) in [5, 5.41) is 10.2. The Labute approximate surface area is 169 Å². The molecule has 2 aromatic heterocycles. The summed E-state index contributed by atoms with van der Waals surface area (Å²) in [7, 11) is 0. The number of rotatable bonds is 8. The van der Waals surface area contributed by atoms with Crippen molar-refractivity contribution in [3.63, 3.8) is 0 Å². The number of carbonyl (C=O) groups is 1. The van der Waals surface area contributed by atoms with Gasteiger partial charge in [-0.05, 0) is 31.3 Å². The lowest BCUT2D eigenvalue weighted by Crippen LogP contribution is -2.15. The summed E-state index contributed by atoms with van der Waals surface area (Å²) in [6, 6.07) is 6.06. The number of hydrogen-bond donors (Lipinski definition) is 2. The fourth-order valence-corrected chi connectivity index (χ4v) is 3.63. The van der Waals surface area contributed by atoms with Gasteiger partial charge in [0, 0.05) is 6.54 Å². The van der Waals surface area contributed by atoms with Crippen LogP contribution in [0, 0.1) is 17.5 Å². The molecule has 0 aliphatic rings. The Morgan fingerprint density at radius 2 is 2.29 bits per heavy atom. The molecule has 2 heterocycles. The largest absolute Gasteiger partial charge is 0.490 e. The van der Waals surface area contributed by atoms with Crippen LogP contribution in [0.2, 0.25) is 0 Å². The van der Waals surface area contributed by atoms with Crippen LogP contribution >= 0.6 is 23.6 Å². The Morgan fingerprint density at radius 3 is 3.04 bits per heavy atom. The lowest BCUT2D eigenvalue weighted by molar-refractivity contribution is -0.116. The van der Waals surface area contributed by atoms with Gasteiger partial charge in [-0.2, -0.15) is 5.10 Å². The zero-order chi connectivity index (χ0) is 20.1. The molecular weight excluding hydrogens is 401 g/mol. The van der Waals surface area contributed by atoms with E-state index in [0.29, 0.717) is 22.3 Å². The van der Waals surface area contributed by atoms with Gasteiger partial charge in [-0.15, -0.1) is 6.58 Å². The van der Waals surface area contributed by atoms with E-state index in [2.05, 4.69) is 27.1 Å². The van der Waals surface area contributed by atoms with E-state index in [-0.39, 0.29) is 24.7 Å². The number of allylic oxidation sites excluding steroid dienone is 1. The third-order valence-corrected chi connectivity index (χ3v) is 5.12. The number of para-hydroxylation sites is 1. The van der Waals surface area contributed by atoms with E-state index >= 15 is 0 Å². The molecule has 3 aromatic rings. The second-order valence-corrected chi connectivity index (χ2v) is 7.15. The highest BCUT2D eigenvalue weighted by Crippen LogP contribution is 2.31. The maximum absolute atomic E-state index is 13.5. The molecule has 3 rings (SSSR count). The lowest BCUT2D eigenvalue weighted by Gasteiger charge is -2.06. The zero-order valence-corrected chi connectivity index (χ0v) is 16.7. The first-order valence-corrected chi connectivity index (χ1v) is 9.63. The van der Waals surface area contributed by atoms with Crippen molar-refractivity contribution in [2.45, 2.75) is 19.9 Å². The van der Waals surface area contributed by atoms with Crippen LogP contribution in [-0.2, 0) is 11.3 Å². The number of thiazole rings is 1. The minimum Gasteiger partial charge on any atom is -0.490 e. The quantitative estimate of drug-likeness (QED) is 0.424. The van der Waals surface area contributed by atoms with Gasteiger partial charge >= 0.3 is 0 Å². The molecule has 146 valence electrons. The number of aromatic amines is 1. The molecule has 0 atom stereocenters. The smallest absolute Gasteiger partial charge is 0.229 e. The van der Waals surface area contributed by atoms with Crippen LogP contribution in [0.25, 0.3) is 10.7 Å². The third kappa shape index (κ3) is 4.52. The van der Waals surface area contributed by atoms with Gasteiger partial charge in [-0.3, -0.25) is 14.5 Å². The predicted molar refractivity (Wildman–Crippen MR) is 109 cm³/mol. The third-order valence-electron chi connectivity index (χ3n) is 3.74. The summed E-state index contributed by atoms with van der Waals surface area (Å²) in [4.78, 5) is 17.3. The molecule has 1 amide bonds. The Bertz CT molecular complexity index is 1060. The van der Waals surface area contributed by atoms with Crippen molar-refractivity contribution in [3.8, 4) is 16.5 Å². The first kappa shape index (κ1) is 19.9. The van der Waals surface area contributed by atoms with Gasteiger partial charge < -0.3 is 10.1 Å². The number of ether oxygens (including phenoxy) is 1. The molecule has 0 bridgehead atoms. The van der Waals surface area contributed by atoms with Gasteiger partial charge in [0.1, 0.15) is 0 Å². The number of aromatic nitrogens is 4.